The largest absolute Gasteiger partial charge is 0.335 e. The molecule has 1 saturated heterocycles. The standard InChI is InChI=1S/C23H34FNOS/c1-3-5-8-16-27-17-15-25-21(12-14-23(25)26)10-7-6-9-19-11-13-22(24)20(4-2)18-19/h7,10-11,13,18,21H,3-6,8-9,12,14-17H2,1-2H3/b10-7+. The first-order valence-corrected chi connectivity index (χ1v) is 11.6. The zero-order valence-electron chi connectivity index (χ0n) is 16.9. The molecule has 0 aromatic heterocycles. The lowest BCUT2D eigenvalue weighted by Crippen LogP contribution is -2.33. The van der Waals surface area contributed by atoms with Gasteiger partial charge in [0.05, 0.1) is 6.04 Å². The summed E-state index contributed by atoms with van der Waals surface area (Å²) in [5, 5.41) is 0. The van der Waals surface area contributed by atoms with E-state index in [1.807, 2.05) is 30.8 Å². The Hall–Kier alpha value is -1.29. The molecule has 1 unspecified atom stereocenters. The highest BCUT2D eigenvalue weighted by Crippen LogP contribution is 2.21. The third kappa shape index (κ3) is 7.33. The monoisotopic (exact) mass is 391 g/mol. The van der Waals surface area contributed by atoms with Crippen LogP contribution in [-0.2, 0) is 17.6 Å². The van der Waals surface area contributed by atoms with Gasteiger partial charge in [-0.15, -0.1) is 0 Å². The number of amides is 1. The van der Waals surface area contributed by atoms with Crippen molar-refractivity contribution in [1.82, 2.24) is 4.90 Å². The van der Waals surface area contributed by atoms with Crippen molar-refractivity contribution >= 4 is 17.7 Å². The Balaban J connectivity index is 1.74. The average molecular weight is 392 g/mol. The highest BCUT2D eigenvalue weighted by atomic mass is 32.2. The van der Waals surface area contributed by atoms with E-state index in [0.29, 0.717) is 12.3 Å². The van der Waals surface area contributed by atoms with Crippen molar-refractivity contribution in [2.24, 2.45) is 0 Å². The molecule has 1 aliphatic rings. The number of hydrogen-bond donors (Lipinski definition) is 0. The van der Waals surface area contributed by atoms with E-state index >= 15 is 0 Å². The number of unbranched alkanes of at least 4 members (excludes halogenated alkanes) is 2. The van der Waals surface area contributed by atoms with E-state index < -0.39 is 0 Å². The lowest BCUT2D eigenvalue weighted by molar-refractivity contribution is -0.128. The molecule has 150 valence electrons. The van der Waals surface area contributed by atoms with Crippen molar-refractivity contribution in [3.05, 3.63) is 47.3 Å². The van der Waals surface area contributed by atoms with E-state index in [9.17, 15) is 9.18 Å². The number of halogens is 1. The zero-order valence-corrected chi connectivity index (χ0v) is 17.7. The van der Waals surface area contributed by atoms with Crippen LogP contribution in [0.5, 0.6) is 0 Å². The maximum atomic E-state index is 13.6. The lowest BCUT2D eigenvalue weighted by Gasteiger charge is -2.22. The smallest absolute Gasteiger partial charge is 0.223 e. The molecule has 2 rings (SSSR count). The second-order valence-corrected chi connectivity index (χ2v) is 8.48. The predicted octanol–water partition coefficient (Wildman–Crippen LogP) is 5.79. The second kappa shape index (κ2) is 12.2. The molecular weight excluding hydrogens is 357 g/mol. The molecule has 1 aromatic rings. The molecule has 0 spiro atoms. The van der Waals surface area contributed by atoms with Crippen LogP contribution in [0.4, 0.5) is 4.39 Å². The molecule has 2 nitrogen and oxygen atoms in total. The molecule has 0 saturated carbocycles. The SMILES string of the molecule is CCCCCSCCN1C(=O)CCC1/C=C/CCc1ccc(F)c(CC)c1. The van der Waals surface area contributed by atoms with Crippen molar-refractivity contribution < 1.29 is 9.18 Å². The van der Waals surface area contributed by atoms with Gasteiger partial charge in [-0.25, -0.2) is 4.39 Å². The van der Waals surface area contributed by atoms with Crippen molar-refractivity contribution in [2.45, 2.75) is 71.3 Å². The first-order chi connectivity index (χ1) is 13.2. The predicted molar refractivity (Wildman–Crippen MR) is 115 cm³/mol. The van der Waals surface area contributed by atoms with Crippen molar-refractivity contribution in [3.8, 4) is 0 Å². The fourth-order valence-electron chi connectivity index (χ4n) is 3.52. The Morgan fingerprint density at radius 1 is 1.26 bits per heavy atom. The minimum Gasteiger partial charge on any atom is -0.335 e. The summed E-state index contributed by atoms with van der Waals surface area (Å²) in [6, 6.07) is 5.69. The van der Waals surface area contributed by atoms with E-state index in [1.54, 1.807) is 6.07 Å². The molecular formula is C23H34FNOS. The molecule has 4 heteroatoms. The fourth-order valence-corrected chi connectivity index (χ4v) is 4.46. The molecule has 1 heterocycles. The summed E-state index contributed by atoms with van der Waals surface area (Å²) in [5.41, 5.74) is 1.97. The molecule has 0 aliphatic carbocycles. The Bertz CT molecular complexity index is 616. The Morgan fingerprint density at radius 2 is 2.11 bits per heavy atom. The van der Waals surface area contributed by atoms with Gasteiger partial charge >= 0.3 is 0 Å². The van der Waals surface area contributed by atoms with Crippen LogP contribution in [0.2, 0.25) is 0 Å². The number of aryl methyl sites for hydroxylation is 2. The average Bonchev–Trinajstić information content (AvgIpc) is 3.02. The van der Waals surface area contributed by atoms with Crippen LogP contribution in [0.15, 0.2) is 30.4 Å². The molecule has 0 N–H and O–H groups in total. The van der Waals surface area contributed by atoms with Gasteiger partial charge in [0.15, 0.2) is 0 Å². The highest BCUT2D eigenvalue weighted by molar-refractivity contribution is 7.99. The summed E-state index contributed by atoms with van der Waals surface area (Å²) in [5.74, 6) is 2.43. The van der Waals surface area contributed by atoms with Gasteiger partial charge in [0, 0.05) is 18.7 Å². The van der Waals surface area contributed by atoms with Crippen LogP contribution < -0.4 is 0 Å². The Kier molecular flexibility index (Phi) is 9.96. The van der Waals surface area contributed by atoms with E-state index in [2.05, 4.69) is 24.0 Å². The molecule has 1 atom stereocenters. The van der Waals surface area contributed by atoms with Crippen molar-refractivity contribution in [3.63, 3.8) is 0 Å². The first kappa shape index (κ1) is 22.0. The maximum Gasteiger partial charge on any atom is 0.223 e. The molecule has 0 bridgehead atoms. The number of hydrogen-bond acceptors (Lipinski definition) is 2. The van der Waals surface area contributed by atoms with Gasteiger partial charge in [0.1, 0.15) is 5.82 Å². The topological polar surface area (TPSA) is 20.3 Å². The minimum atomic E-state index is -0.107. The summed E-state index contributed by atoms with van der Waals surface area (Å²) in [6.45, 7) is 5.07. The van der Waals surface area contributed by atoms with Gasteiger partial charge in [-0.1, -0.05) is 51.0 Å². The van der Waals surface area contributed by atoms with E-state index in [-0.39, 0.29) is 11.9 Å². The van der Waals surface area contributed by atoms with Gasteiger partial charge in [-0.05, 0) is 55.1 Å². The third-order valence-corrected chi connectivity index (χ3v) is 6.24. The maximum absolute atomic E-state index is 13.6. The van der Waals surface area contributed by atoms with E-state index in [4.69, 9.17) is 0 Å². The van der Waals surface area contributed by atoms with Gasteiger partial charge < -0.3 is 4.90 Å². The number of rotatable bonds is 12. The van der Waals surface area contributed by atoms with Crippen LogP contribution in [0.1, 0.15) is 63.5 Å². The third-order valence-electron chi connectivity index (χ3n) is 5.19. The van der Waals surface area contributed by atoms with E-state index in [0.717, 1.165) is 43.5 Å². The van der Waals surface area contributed by atoms with Crippen molar-refractivity contribution in [2.75, 3.05) is 18.1 Å². The van der Waals surface area contributed by atoms with Gasteiger partial charge in [-0.3, -0.25) is 4.79 Å². The van der Waals surface area contributed by atoms with Crippen LogP contribution >= 0.6 is 11.8 Å². The van der Waals surface area contributed by atoms with Gasteiger partial charge in [-0.2, -0.15) is 11.8 Å². The van der Waals surface area contributed by atoms with Crippen molar-refractivity contribution in [1.29, 1.82) is 0 Å². The molecule has 1 fully saturated rings. The molecule has 1 amide bonds. The number of benzene rings is 1. The summed E-state index contributed by atoms with van der Waals surface area (Å²) in [7, 11) is 0. The Morgan fingerprint density at radius 3 is 2.89 bits per heavy atom. The van der Waals surface area contributed by atoms with Gasteiger partial charge in [0.25, 0.3) is 0 Å². The normalized spacial score (nSPS) is 17.4. The number of thioether (sulfide) groups is 1. The number of nitrogens with zero attached hydrogens (tertiary/aromatic N) is 1. The Labute approximate surface area is 168 Å². The molecule has 1 aliphatic heterocycles. The highest BCUT2D eigenvalue weighted by Gasteiger charge is 2.28. The first-order valence-electron chi connectivity index (χ1n) is 10.5. The quantitative estimate of drug-likeness (QED) is 0.332. The minimum absolute atomic E-state index is 0.107. The van der Waals surface area contributed by atoms with Crippen LogP contribution in [0, 0.1) is 5.82 Å². The van der Waals surface area contributed by atoms with Crippen LogP contribution in [0.25, 0.3) is 0 Å². The summed E-state index contributed by atoms with van der Waals surface area (Å²) < 4.78 is 13.6. The van der Waals surface area contributed by atoms with Crippen LogP contribution in [-0.4, -0.2) is 34.9 Å². The summed E-state index contributed by atoms with van der Waals surface area (Å²) in [6.07, 6.45) is 12.4. The molecule has 1 aromatic carbocycles. The second-order valence-electron chi connectivity index (χ2n) is 7.26. The summed E-state index contributed by atoms with van der Waals surface area (Å²) in [4.78, 5) is 14.2. The van der Waals surface area contributed by atoms with Gasteiger partial charge in [0.2, 0.25) is 5.91 Å². The number of allylic oxidation sites excluding steroid dienone is 1. The molecule has 0 radical (unpaired) electrons. The van der Waals surface area contributed by atoms with E-state index in [1.165, 1.54) is 30.6 Å². The van der Waals surface area contributed by atoms with Crippen LogP contribution in [0.3, 0.4) is 0 Å². The lowest BCUT2D eigenvalue weighted by atomic mass is 10.0. The molecule has 27 heavy (non-hydrogen) atoms. The number of carbonyl (C=O) groups is 1. The number of likely N-dealkylation sites (tertiary alicyclic amines) is 1. The summed E-state index contributed by atoms with van der Waals surface area (Å²) >= 11 is 1.97. The zero-order chi connectivity index (χ0) is 19.5. The fraction of sp³-hybridized carbons (Fsp3) is 0.609. The number of carbonyl (C=O) groups excluding carboxylic acids is 1.